The van der Waals surface area contributed by atoms with Crippen LogP contribution in [0.3, 0.4) is 0 Å². The van der Waals surface area contributed by atoms with Crippen molar-refractivity contribution in [2.75, 3.05) is 10.6 Å². The van der Waals surface area contributed by atoms with Crippen molar-refractivity contribution in [1.82, 2.24) is 5.32 Å². The summed E-state index contributed by atoms with van der Waals surface area (Å²) < 4.78 is 0. The molecule has 3 amide bonds. The number of nitrogens with one attached hydrogen (secondary N) is 3. The Balaban J connectivity index is 1.51. The smallest absolute Gasteiger partial charge is 0.272 e. The lowest BCUT2D eigenvalue weighted by Gasteiger charge is -2.16. The molecule has 214 valence electrons. The molecule has 0 heterocycles. The summed E-state index contributed by atoms with van der Waals surface area (Å²) in [6, 6.07) is 28.4. The maximum absolute atomic E-state index is 13.4. The zero-order valence-electron chi connectivity index (χ0n) is 23.0. The summed E-state index contributed by atoms with van der Waals surface area (Å²) >= 11 is 13.6. The minimum absolute atomic E-state index is 0.0942. The van der Waals surface area contributed by atoms with Gasteiger partial charge in [-0.05, 0) is 73.5 Å². The predicted molar refractivity (Wildman–Crippen MR) is 173 cm³/mol. The number of carbonyl (C=O) groups is 3. The highest BCUT2D eigenvalue weighted by molar-refractivity contribution is 8.00. The van der Waals surface area contributed by atoms with Gasteiger partial charge in [-0.2, -0.15) is 0 Å². The average Bonchev–Trinajstić information content (AvgIpc) is 2.98. The van der Waals surface area contributed by atoms with Crippen LogP contribution < -0.4 is 16.0 Å². The molecular formula is C33H29Cl2N3O3S. The van der Waals surface area contributed by atoms with E-state index in [0.717, 1.165) is 16.0 Å². The third-order valence-corrected chi connectivity index (χ3v) is 8.02. The van der Waals surface area contributed by atoms with Crippen LogP contribution in [0, 0.1) is 6.92 Å². The van der Waals surface area contributed by atoms with E-state index in [1.807, 2.05) is 50.2 Å². The van der Waals surface area contributed by atoms with Gasteiger partial charge >= 0.3 is 0 Å². The molecule has 4 aromatic carbocycles. The van der Waals surface area contributed by atoms with Gasteiger partial charge in [0, 0.05) is 21.2 Å². The third kappa shape index (κ3) is 8.73. The molecule has 3 N–H and O–H groups in total. The second-order valence-electron chi connectivity index (χ2n) is 9.40. The van der Waals surface area contributed by atoms with E-state index in [4.69, 9.17) is 23.2 Å². The molecule has 0 bridgehead atoms. The molecule has 0 radical (unpaired) electrons. The Morgan fingerprint density at radius 2 is 1.62 bits per heavy atom. The monoisotopic (exact) mass is 617 g/mol. The van der Waals surface area contributed by atoms with E-state index in [2.05, 4.69) is 16.0 Å². The van der Waals surface area contributed by atoms with Crippen LogP contribution in [0.5, 0.6) is 0 Å². The summed E-state index contributed by atoms with van der Waals surface area (Å²) in [5.74, 6) is -1.10. The summed E-state index contributed by atoms with van der Waals surface area (Å²) in [7, 11) is 0. The van der Waals surface area contributed by atoms with Crippen molar-refractivity contribution in [3.8, 4) is 0 Å². The van der Waals surface area contributed by atoms with Crippen molar-refractivity contribution in [3.05, 3.63) is 129 Å². The van der Waals surface area contributed by atoms with Gasteiger partial charge in [-0.3, -0.25) is 14.4 Å². The van der Waals surface area contributed by atoms with E-state index in [1.54, 1.807) is 66.7 Å². The first-order valence-electron chi connectivity index (χ1n) is 13.2. The lowest BCUT2D eigenvalue weighted by atomic mass is 10.1. The van der Waals surface area contributed by atoms with Crippen molar-refractivity contribution >= 4 is 70.1 Å². The number of carbonyl (C=O) groups excluding carboxylic acids is 3. The van der Waals surface area contributed by atoms with Gasteiger partial charge in [0.2, 0.25) is 5.91 Å². The SMILES string of the molecule is CCC(Sc1cccc(NC(=O)/C(=C\c2cccc(C)c2)NC(=O)c2ccccc2)c1)C(=O)Nc1cc(Cl)ccc1Cl. The van der Waals surface area contributed by atoms with E-state index in [9.17, 15) is 14.4 Å². The molecule has 1 unspecified atom stereocenters. The molecule has 0 aromatic heterocycles. The molecule has 0 aliphatic carbocycles. The van der Waals surface area contributed by atoms with Crippen molar-refractivity contribution in [2.45, 2.75) is 30.4 Å². The van der Waals surface area contributed by atoms with Crippen LogP contribution in [0.4, 0.5) is 11.4 Å². The second-order valence-corrected chi connectivity index (χ2v) is 11.5. The van der Waals surface area contributed by atoms with E-state index in [0.29, 0.717) is 33.4 Å². The Hall–Kier alpha value is -4.04. The van der Waals surface area contributed by atoms with Crippen LogP contribution in [0.2, 0.25) is 10.0 Å². The fourth-order valence-corrected chi connectivity index (χ4v) is 5.36. The Morgan fingerprint density at radius 1 is 0.857 bits per heavy atom. The van der Waals surface area contributed by atoms with Gasteiger partial charge in [-0.1, -0.05) is 84.2 Å². The van der Waals surface area contributed by atoms with E-state index in [1.165, 1.54) is 11.8 Å². The maximum Gasteiger partial charge on any atom is 0.272 e. The van der Waals surface area contributed by atoms with E-state index >= 15 is 0 Å². The second kappa shape index (κ2) is 14.7. The molecule has 9 heteroatoms. The zero-order chi connectivity index (χ0) is 30.1. The van der Waals surface area contributed by atoms with Crippen LogP contribution >= 0.6 is 35.0 Å². The van der Waals surface area contributed by atoms with Gasteiger partial charge in [-0.25, -0.2) is 0 Å². The number of hydrogen-bond acceptors (Lipinski definition) is 4. The topological polar surface area (TPSA) is 87.3 Å². The molecule has 0 saturated heterocycles. The Bertz CT molecular complexity index is 1630. The number of aryl methyl sites for hydroxylation is 1. The molecule has 6 nitrogen and oxygen atoms in total. The van der Waals surface area contributed by atoms with Crippen molar-refractivity contribution in [3.63, 3.8) is 0 Å². The minimum atomic E-state index is -0.483. The first-order valence-corrected chi connectivity index (χ1v) is 14.8. The van der Waals surface area contributed by atoms with Gasteiger partial charge in [0.1, 0.15) is 5.70 Å². The number of benzene rings is 4. The van der Waals surface area contributed by atoms with Crippen LogP contribution in [0.1, 0.15) is 34.8 Å². The Labute approximate surface area is 259 Å². The number of thioether (sulfide) groups is 1. The number of anilines is 2. The van der Waals surface area contributed by atoms with Gasteiger partial charge < -0.3 is 16.0 Å². The van der Waals surface area contributed by atoms with Gasteiger partial charge in [0.25, 0.3) is 11.8 Å². The Kier molecular flexibility index (Phi) is 10.8. The number of hydrogen-bond donors (Lipinski definition) is 3. The molecule has 0 fully saturated rings. The zero-order valence-corrected chi connectivity index (χ0v) is 25.3. The normalized spacial score (nSPS) is 11.9. The van der Waals surface area contributed by atoms with Crippen LogP contribution in [-0.2, 0) is 9.59 Å². The van der Waals surface area contributed by atoms with Gasteiger partial charge in [0.05, 0.1) is 16.0 Å². The fourth-order valence-electron chi connectivity index (χ4n) is 4.01. The van der Waals surface area contributed by atoms with Crippen LogP contribution in [0.15, 0.2) is 108 Å². The molecule has 0 aliphatic heterocycles. The Morgan fingerprint density at radius 3 is 2.36 bits per heavy atom. The minimum Gasteiger partial charge on any atom is -0.324 e. The summed E-state index contributed by atoms with van der Waals surface area (Å²) in [5.41, 5.74) is 3.28. The molecular weight excluding hydrogens is 589 g/mol. The molecule has 0 spiro atoms. The number of amides is 3. The summed E-state index contributed by atoms with van der Waals surface area (Å²) in [4.78, 5) is 40.2. The largest absolute Gasteiger partial charge is 0.324 e. The quantitative estimate of drug-likeness (QED) is 0.124. The fraction of sp³-hybridized carbons (Fsp3) is 0.121. The highest BCUT2D eigenvalue weighted by Gasteiger charge is 2.20. The molecule has 4 rings (SSSR count). The first kappa shape index (κ1) is 30.9. The standard InChI is InChI=1S/C33H29Cl2N3O3S/c1-3-30(33(41)37-28-19-24(34)15-16-27(28)35)42-26-14-8-13-25(20-26)36-32(40)29(18-22-10-7-9-21(2)17-22)38-31(39)23-11-5-4-6-12-23/h4-20,30H,3H2,1-2H3,(H,36,40)(H,37,41)(H,38,39)/b29-18+. The molecule has 0 aliphatic rings. The summed E-state index contributed by atoms with van der Waals surface area (Å²) in [5, 5.41) is 8.92. The molecule has 0 saturated carbocycles. The highest BCUT2D eigenvalue weighted by atomic mass is 35.5. The lowest BCUT2D eigenvalue weighted by molar-refractivity contribution is -0.116. The van der Waals surface area contributed by atoms with Crippen LogP contribution in [-0.4, -0.2) is 23.0 Å². The number of rotatable bonds is 10. The average molecular weight is 619 g/mol. The van der Waals surface area contributed by atoms with Crippen molar-refractivity contribution < 1.29 is 14.4 Å². The summed E-state index contributed by atoms with van der Waals surface area (Å²) in [6.45, 7) is 3.87. The summed E-state index contributed by atoms with van der Waals surface area (Å²) in [6.07, 6.45) is 2.19. The lowest BCUT2D eigenvalue weighted by Crippen LogP contribution is -2.30. The van der Waals surface area contributed by atoms with E-state index < -0.39 is 17.1 Å². The molecule has 4 aromatic rings. The third-order valence-electron chi connectivity index (χ3n) is 6.10. The molecule has 1 atom stereocenters. The van der Waals surface area contributed by atoms with Crippen LogP contribution in [0.25, 0.3) is 6.08 Å². The van der Waals surface area contributed by atoms with E-state index in [-0.39, 0.29) is 11.6 Å². The number of halogens is 2. The van der Waals surface area contributed by atoms with Gasteiger partial charge in [0.15, 0.2) is 0 Å². The van der Waals surface area contributed by atoms with Crippen molar-refractivity contribution in [2.24, 2.45) is 0 Å². The highest BCUT2D eigenvalue weighted by Crippen LogP contribution is 2.31. The molecule has 42 heavy (non-hydrogen) atoms. The van der Waals surface area contributed by atoms with Gasteiger partial charge in [-0.15, -0.1) is 11.8 Å². The maximum atomic E-state index is 13.4. The first-order chi connectivity index (χ1) is 20.2. The van der Waals surface area contributed by atoms with Crippen molar-refractivity contribution in [1.29, 1.82) is 0 Å². The predicted octanol–water partition coefficient (Wildman–Crippen LogP) is 8.22.